The largest absolute Gasteiger partial charge is 0.361 e. The molecule has 1 fully saturated rings. The molecule has 0 radical (unpaired) electrons. The number of hydrogen-bond donors (Lipinski definition) is 1. The minimum Gasteiger partial charge on any atom is -0.361 e. The van der Waals surface area contributed by atoms with Gasteiger partial charge in [-0.2, -0.15) is 0 Å². The first kappa shape index (κ1) is 12.3. The maximum Gasteiger partial charge on any atom is 0.143 e. The van der Waals surface area contributed by atoms with Crippen LogP contribution in [-0.2, 0) is 0 Å². The third-order valence-corrected chi connectivity index (χ3v) is 3.56. The van der Waals surface area contributed by atoms with E-state index in [1.807, 2.05) is 20.8 Å². The number of nitrogens with zero attached hydrogens (tertiary/aromatic N) is 3. The molecule has 100 valence electrons. The van der Waals surface area contributed by atoms with Crippen molar-refractivity contribution in [2.24, 2.45) is 0 Å². The second-order valence-corrected chi connectivity index (χ2v) is 5.07. The van der Waals surface area contributed by atoms with Crippen molar-refractivity contribution < 1.29 is 4.52 Å². The number of hydrogen-bond acceptors (Lipinski definition) is 5. The molecule has 3 rings (SSSR count). The predicted octanol–water partition coefficient (Wildman–Crippen LogP) is 2.48. The Morgan fingerprint density at radius 2 is 2.11 bits per heavy atom. The number of aromatic nitrogens is 3. The van der Waals surface area contributed by atoms with E-state index in [1.54, 1.807) is 0 Å². The van der Waals surface area contributed by atoms with Crippen LogP contribution in [0.1, 0.15) is 41.9 Å². The van der Waals surface area contributed by atoms with Crippen molar-refractivity contribution in [3.63, 3.8) is 0 Å². The molecule has 0 unspecified atom stereocenters. The van der Waals surface area contributed by atoms with Crippen LogP contribution in [0.25, 0.3) is 11.3 Å². The molecule has 19 heavy (non-hydrogen) atoms. The summed E-state index contributed by atoms with van der Waals surface area (Å²) in [7, 11) is 0. The van der Waals surface area contributed by atoms with E-state index in [0.29, 0.717) is 6.04 Å². The zero-order chi connectivity index (χ0) is 13.4. The SMILES string of the molecule is Cc1nc(-c2c(C)noc2C)cc([C@H]2CCCN2)n1. The van der Waals surface area contributed by atoms with E-state index in [0.717, 1.165) is 47.2 Å². The quantitative estimate of drug-likeness (QED) is 0.896. The van der Waals surface area contributed by atoms with Crippen molar-refractivity contribution >= 4 is 0 Å². The molecule has 0 aromatic carbocycles. The van der Waals surface area contributed by atoms with Crippen LogP contribution in [0.15, 0.2) is 10.6 Å². The van der Waals surface area contributed by atoms with Gasteiger partial charge in [-0.1, -0.05) is 5.16 Å². The molecule has 5 heteroatoms. The second-order valence-electron chi connectivity index (χ2n) is 5.07. The molecule has 1 atom stereocenters. The lowest BCUT2D eigenvalue weighted by Crippen LogP contribution is -2.15. The highest BCUT2D eigenvalue weighted by Crippen LogP contribution is 2.28. The van der Waals surface area contributed by atoms with Gasteiger partial charge in [-0.25, -0.2) is 9.97 Å². The summed E-state index contributed by atoms with van der Waals surface area (Å²) >= 11 is 0. The van der Waals surface area contributed by atoms with E-state index in [9.17, 15) is 0 Å². The van der Waals surface area contributed by atoms with E-state index >= 15 is 0 Å². The summed E-state index contributed by atoms with van der Waals surface area (Å²) in [5.74, 6) is 1.60. The van der Waals surface area contributed by atoms with Crippen molar-refractivity contribution in [3.8, 4) is 11.3 Å². The van der Waals surface area contributed by atoms with E-state index in [2.05, 4.69) is 26.5 Å². The maximum atomic E-state index is 5.23. The minimum absolute atomic E-state index is 0.348. The van der Waals surface area contributed by atoms with Crippen LogP contribution in [0.2, 0.25) is 0 Å². The summed E-state index contributed by atoms with van der Waals surface area (Å²) < 4.78 is 5.23. The van der Waals surface area contributed by atoms with Gasteiger partial charge in [-0.3, -0.25) is 0 Å². The van der Waals surface area contributed by atoms with E-state index < -0.39 is 0 Å². The fourth-order valence-corrected chi connectivity index (χ4v) is 2.68. The van der Waals surface area contributed by atoms with Gasteiger partial charge in [0, 0.05) is 6.04 Å². The Morgan fingerprint density at radius 3 is 2.74 bits per heavy atom. The summed E-state index contributed by atoms with van der Waals surface area (Å²) in [6.07, 6.45) is 2.34. The van der Waals surface area contributed by atoms with Crippen LogP contribution in [0, 0.1) is 20.8 Å². The second kappa shape index (κ2) is 4.74. The van der Waals surface area contributed by atoms with Crippen molar-refractivity contribution in [3.05, 3.63) is 29.0 Å². The molecule has 0 aliphatic carbocycles. The van der Waals surface area contributed by atoms with Crippen molar-refractivity contribution in [2.45, 2.75) is 39.7 Å². The Morgan fingerprint density at radius 1 is 1.26 bits per heavy atom. The first-order chi connectivity index (χ1) is 9.15. The topological polar surface area (TPSA) is 63.8 Å². The molecule has 1 aliphatic heterocycles. The molecule has 2 aromatic heterocycles. The zero-order valence-corrected chi connectivity index (χ0v) is 11.5. The first-order valence-corrected chi connectivity index (χ1v) is 6.67. The van der Waals surface area contributed by atoms with Crippen LogP contribution in [-0.4, -0.2) is 21.7 Å². The molecule has 3 heterocycles. The smallest absolute Gasteiger partial charge is 0.143 e. The van der Waals surface area contributed by atoms with Crippen LogP contribution < -0.4 is 5.32 Å². The third-order valence-electron chi connectivity index (χ3n) is 3.56. The minimum atomic E-state index is 0.348. The molecule has 2 aromatic rings. The molecule has 5 nitrogen and oxygen atoms in total. The lowest BCUT2D eigenvalue weighted by Gasteiger charge is -2.11. The molecule has 1 aliphatic rings. The number of nitrogens with one attached hydrogen (secondary N) is 1. The average Bonchev–Trinajstić information content (AvgIpc) is 2.99. The van der Waals surface area contributed by atoms with Crippen molar-refractivity contribution in [1.82, 2.24) is 20.4 Å². The Balaban J connectivity index is 2.07. The summed E-state index contributed by atoms with van der Waals surface area (Å²) in [6.45, 7) is 6.85. The van der Waals surface area contributed by atoms with Gasteiger partial charge in [-0.15, -0.1) is 0 Å². The first-order valence-electron chi connectivity index (χ1n) is 6.67. The van der Waals surface area contributed by atoms with E-state index in [1.165, 1.54) is 6.42 Å². The highest BCUT2D eigenvalue weighted by Gasteiger charge is 2.21. The Kier molecular flexibility index (Phi) is 3.06. The van der Waals surface area contributed by atoms with Crippen molar-refractivity contribution in [2.75, 3.05) is 6.54 Å². The fraction of sp³-hybridized carbons (Fsp3) is 0.500. The van der Waals surface area contributed by atoms with Crippen molar-refractivity contribution in [1.29, 1.82) is 0 Å². The molecule has 0 spiro atoms. The standard InChI is InChI=1S/C14H18N4O/c1-8-14(9(2)19-18-8)13-7-12(16-10(3)17-13)11-5-4-6-15-11/h7,11,15H,4-6H2,1-3H3/t11-/m1/s1. The average molecular weight is 258 g/mol. The highest BCUT2D eigenvalue weighted by molar-refractivity contribution is 5.64. The number of aryl methyl sites for hydroxylation is 3. The van der Waals surface area contributed by atoms with Gasteiger partial charge >= 0.3 is 0 Å². The van der Waals surface area contributed by atoms with Gasteiger partial charge in [-0.05, 0) is 46.2 Å². The maximum absolute atomic E-state index is 5.23. The van der Waals surface area contributed by atoms with Gasteiger partial charge < -0.3 is 9.84 Å². The molecule has 0 amide bonds. The normalized spacial score (nSPS) is 19.0. The lowest BCUT2D eigenvalue weighted by molar-refractivity contribution is 0.393. The van der Waals surface area contributed by atoms with Crippen LogP contribution in [0.5, 0.6) is 0 Å². The van der Waals surface area contributed by atoms with Crippen LogP contribution in [0.3, 0.4) is 0 Å². The van der Waals surface area contributed by atoms with Gasteiger partial charge in [0.05, 0.1) is 22.6 Å². The molecule has 0 saturated carbocycles. The highest BCUT2D eigenvalue weighted by atomic mass is 16.5. The zero-order valence-electron chi connectivity index (χ0n) is 11.5. The van der Waals surface area contributed by atoms with Crippen LogP contribution in [0.4, 0.5) is 0 Å². The molecular weight excluding hydrogens is 240 g/mol. The fourth-order valence-electron chi connectivity index (χ4n) is 2.68. The third kappa shape index (κ3) is 2.26. The predicted molar refractivity (Wildman–Crippen MR) is 71.7 cm³/mol. The van der Waals surface area contributed by atoms with E-state index in [4.69, 9.17) is 4.52 Å². The molecular formula is C14H18N4O. The van der Waals surface area contributed by atoms with Gasteiger partial charge in [0.15, 0.2) is 0 Å². The summed E-state index contributed by atoms with van der Waals surface area (Å²) in [5.41, 5.74) is 3.85. The van der Waals surface area contributed by atoms with Crippen LogP contribution >= 0.6 is 0 Å². The summed E-state index contributed by atoms with van der Waals surface area (Å²) in [6, 6.07) is 2.41. The van der Waals surface area contributed by atoms with E-state index in [-0.39, 0.29) is 0 Å². The van der Waals surface area contributed by atoms with Gasteiger partial charge in [0.2, 0.25) is 0 Å². The Hall–Kier alpha value is -1.75. The monoisotopic (exact) mass is 258 g/mol. The van der Waals surface area contributed by atoms with Gasteiger partial charge in [0.1, 0.15) is 11.6 Å². The molecule has 1 saturated heterocycles. The number of rotatable bonds is 2. The Bertz CT molecular complexity index is 580. The summed E-state index contributed by atoms with van der Waals surface area (Å²) in [4.78, 5) is 9.09. The Labute approximate surface area is 112 Å². The lowest BCUT2D eigenvalue weighted by atomic mass is 10.1. The molecule has 0 bridgehead atoms. The molecule has 1 N–H and O–H groups in total. The van der Waals surface area contributed by atoms with Gasteiger partial charge in [0.25, 0.3) is 0 Å². The summed E-state index contributed by atoms with van der Waals surface area (Å²) in [5, 5.41) is 7.47.